The summed E-state index contributed by atoms with van der Waals surface area (Å²) >= 11 is 9.62. The van der Waals surface area contributed by atoms with E-state index in [1.165, 1.54) is 5.69 Å². The van der Waals surface area contributed by atoms with Crippen LogP contribution in [0, 0.1) is 0 Å². The van der Waals surface area contributed by atoms with Crippen LogP contribution < -0.4 is 0 Å². The maximum absolute atomic E-state index is 6.10. The monoisotopic (exact) mass is 278 g/mol. The Morgan fingerprint density at radius 1 is 1.57 bits per heavy atom. The van der Waals surface area contributed by atoms with Gasteiger partial charge in [-0.05, 0) is 29.3 Å². The summed E-state index contributed by atoms with van der Waals surface area (Å²) in [6.07, 6.45) is 2.94. The van der Waals surface area contributed by atoms with E-state index >= 15 is 0 Å². The highest BCUT2D eigenvalue weighted by Gasteiger charge is 2.19. The average Bonchev–Trinajstić information content (AvgIpc) is 2.47. The Hall–Kier alpha value is -0.0200. The van der Waals surface area contributed by atoms with Gasteiger partial charge < -0.3 is 0 Å². The molecule has 1 aromatic heterocycles. The van der Waals surface area contributed by atoms with Crippen LogP contribution in [0.2, 0.25) is 0 Å². The highest BCUT2D eigenvalue weighted by Crippen LogP contribution is 2.29. The van der Waals surface area contributed by atoms with Crippen molar-refractivity contribution in [1.29, 1.82) is 0 Å². The maximum Gasteiger partial charge on any atom is 0.0635 e. The van der Waals surface area contributed by atoms with Crippen LogP contribution in [0.15, 0.2) is 10.7 Å². The van der Waals surface area contributed by atoms with Gasteiger partial charge in [0.1, 0.15) is 0 Å². The second-order valence-corrected chi connectivity index (χ2v) is 5.11. The number of aryl methyl sites for hydroxylation is 1. The van der Waals surface area contributed by atoms with E-state index < -0.39 is 0 Å². The van der Waals surface area contributed by atoms with Crippen LogP contribution in [0.3, 0.4) is 0 Å². The van der Waals surface area contributed by atoms with Crippen molar-refractivity contribution in [2.45, 2.75) is 45.0 Å². The first kappa shape index (κ1) is 12.1. The van der Waals surface area contributed by atoms with Crippen LogP contribution >= 0.6 is 27.5 Å². The zero-order valence-corrected chi connectivity index (χ0v) is 11.1. The van der Waals surface area contributed by atoms with Crippen LogP contribution in [0.4, 0.5) is 0 Å². The zero-order valence-electron chi connectivity index (χ0n) is 8.80. The molecule has 0 N–H and O–H groups in total. The Morgan fingerprint density at radius 3 is 2.71 bits per heavy atom. The molecule has 2 nitrogen and oxygen atoms in total. The van der Waals surface area contributed by atoms with Crippen LogP contribution in [-0.4, -0.2) is 15.2 Å². The lowest BCUT2D eigenvalue weighted by Gasteiger charge is -2.16. The molecule has 0 aliphatic heterocycles. The van der Waals surface area contributed by atoms with Gasteiger partial charge in [-0.1, -0.05) is 13.8 Å². The molecule has 0 fully saturated rings. The van der Waals surface area contributed by atoms with Gasteiger partial charge in [0, 0.05) is 17.8 Å². The van der Waals surface area contributed by atoms with E-state index in [1.807, 2.05) is 17.8 Å². The fourth-order valence-corrected chi connectivity index (χ4v) is 2.21. The first-order chi connectivity index (χ1) is 6.57. The molecule has 0 saturated carbocycles. The predicted molar refractivity (Wildman–Crippen MR) is 63.9 cm³/mol. The minimum atomic E-state index is 0.124. The van der Waals surface area contributed by atoms with Crippen LogP contribution in [0.25, 0.3) is 0 Å². The van der Waals surface area contributed by atoms with E-state index in [4.69, 9.17) is 11.6 Å². The van der Waals surface area contributed by atoms with E-state index in [2.05, 4.69) is 34.9 Å². The third-order valence-electron chi connectivity index (χ3n) is 2.39. The number of hydrogen-bond donors (Lipinski definition) is 0. The first-order valence-corrected chi connectivity index (χ1v) is 6.16. The standard InChI is InChI=1S/C10H16BrClN2/c1-4-5-14-10(7(2)8(3)12)9(11)6-13-14/h6-8H,4-5H2,1-3H3. The van der Waals surface area contributed by atoms with E-state index in [0.29, 0.717) is 5.92 Å². The summed E-state index contributed by atoms with van der Waals surface area (Å²) in [6.45, 7) is 7.25. The summed E-state index contributed by atoms with van der Waals surface area (Å²) in [5, 5.41) is 4.44. The molecule has 80 valence electrons. The molecule has 1 aromatic rings. The topological polar surface area (TPSA) is 17.8 Å². The summed E-state index contributed by atoms with van der Waals surface area (Å²) in [4.78, 5) is 0. The number of alkyl halides is 1. The van der Waals surface area contributed by atoms with Crippen molar-refractivity contribution in [3.63, 3.8) is 0 Å². The summed E-state index contributed by atoms with van der Waals surface area (Å²) in [7, 11) is 0. The molecule has 0 bridgehead atoms. The fraction of sp³-hybridized carbons (Fsp3) is 0.700. The van der Waals surface area contributed by atoms with Gasteiger partial charge in [0.25, 0.3) is 0 Å². The number of halogens is 2. The molecule has 1 heterocycles. The summed E-state index contributed by atoms with van der Waals surface area (Å²) in [6, 6.07) is 0. The molecule has 0 saturated heterocycles. The molecule has 0 aromatic carbocycles. The smallest absolute Gasteiger partial charge is 0.0635 e. The molecule has 0 amide bonds. The molecular weight excluding hydrogens is 263 g/mol. The van der Waals surface area contributed by atoms with Gasteiger partial charge in [0.15, 0.2) is 0 Å². The lowest BCUT2D eigenvalue weighted by molar-refractivity contribution is 0.542. The first-order valence-electron chi connectivity index (χ1n) is 4.93. The van der Waals surface area contributed by atoms with Crippen molar-refractivity contribution in [1.82, 2.24) is 9.78 Å². The van der Waals surface area contributed by atoms with Gasteiger partial charge in [0.2, 0.25) is 0 Å². The number of nitrogens with zero attached hydrogens (tertiary/aromatic N) is 2. The molecule has 0 aliphatic rings. The minimum Gasteiger partial charge on any atom is -0.268 e. The maximum atomic E-state index is 6.10. The molecule has 2 unspecified atom stereocenters. The zero-order chi connectivity index (χ0) is 10.7. The largest absolute Gasteiger partial charge is 0.268 e. The van der Waals surface area contributed by atoms with Crippen molar-refractivity contribution >= 4 is 27.5 Å². The SMILES string of the molecule is CCCn1ncc(Br)c1C(C)C(C)Cl. The minimum absolute atomic E-state index is 0.124. The van der Waals surface area contributed by atoms with Gasteiger partial charge in [-0.2, -0.15) is 5.10 Å². The molecule has 0 radical (unpaired) electrons. The van der Waals surface area contributed by atoms with Crippen molar-refractivity contribution in [3.8, 4) is 0 Å². The number of hydrogen-bond acceptors (Lipinski definition) is 1. The van der Waals surface area contributed by atoms with E-state index in [1.54, 1.807) is 0 Å². The molecule has 4 heteroatoms. The van der Waals surface area contributed by atoms with Crippen molar-refractivity contribution in [2.24, 2.45) is 0 Å². The van der Waals surface area contributed by atoms with Crippen molar-refractivity contribution in [2.75, 3.05) is 0 Å². The van der Waals surface area contributed by atoms with E-state index in [-0.39, 0.29) is 5.38 Å². The molecule has 0 aliphatic carbocycles. The lowest BCUT2D eigenvalue weighted by atomic mass is 10.0. The molecule has 0 spiro atoms. The Balaban J connectivity index is 2.97. The number of rotatable bonds is 4. The van der Waals surface area contributed by atoms with Gasteiger partial charge in [-0.3, -0.25) is 4.68 Å². The van der Waals surface area contributed by atoms with E-state index in [0.717, 1.165) is 17.4 Å². The fourth-order valence-electron chi connectivity index (χ4n) is 1.43. The van der Waals surface area contributed by atoms with Crippen LogP contribution in [0.5, 0.6) is 0 Å². The normalized spacial score (nSPS) is 15.5. The summed E-state index contributed by atoms with van der Waals surface area (Å²) < 4.78 is 3.10. The van der Waals surface area contributed by atoms with Crippen molar-refractivity contribution in [3.05, 3.63) is 16.4 Å². The highest BCUT2D eigenvalue weighted by molar-refractivity contribution is 9.10. The van der Waals surface area contributed by atoms with Gasteiger partial charge in [-0.15, -0.1) is 11.6 Å². The highest BCUT2D eigenvalue weighted by atomic mass is 79.9. The summed E-state index contributed by atoms with van der Waals surface area (Å²) in [5.74, 6) is 0.320. The van der Waals surface area contributed by atoms with Gasteiger partial charge >= 0.3 is 0 Å². The van der Waals surface area contributed by atoms with Gasteiger partial charge in [0.05, 0.1) is 16.4 Å². The van der Waals surface area contributed by atoms with Gasteiger partial charge in [-0.25, -0.2) is 0 Å². The molecule has 14 heavy (non-hydrogen) atoms. The lowest BCUT2D eigenvalue weighted by Crippen LogP contribution is -2.13. The molecular formula is C10H16BrClN2. The second kappa shape index (κ2) is 5.17. The Kier molecular flexibility index (Phi) is 4.45. The van der Waals surface area contributed by atoms with Crippen LogP contribution in [0.1, 0.15) is 38.8 Å². The second-order valence-electron chi connectivity index (χ2n) is 3.57. The number of aromatic nitrogens is 2. The molecule has 2 atom stereocenters. The van der Waals surface area contributed by atoms with Crippen LogP contribution in [-0.2, 0) is 6.54 Å². The predicted octanol–water partition coefficient (Wildman–Crippen LogP) is 3.79. The van der Waals surface area contributed by atoms with Crippen molar-refractivity contribution < 1.29 is 0 Å². The third-order valence-corrected chi connectivity index (χ3v) is 3.38. The Bertz CT molecular complexity index is 296. The quantitative estimate of drug-likeness (QED) is 0.767. The Morgan fingerprint density at radius 2 is 2.21 bits per heavy atom. The third kappa shape index (κ3) is 2.51. The van der Waals surface area contributed by atoms with E-state index in [9.17, 15) is 0 Å². The Labute approximate surface area is 98.8 Å². The molecule has 1 rings (SSSR count). The average molecular weight is 280 g/mol. The summed E-state index contributed by atoms with van der Waals surface area (Å²) in [5.41, 5.74) is 1.20.